The molecule has 1 unspecified atom stereocenters. The Morgan fingerprint density at radius 1 is 1.50 bits per heavy atom. The van der Waals surface area contributed by atoms with E-state index in [0.29, 0.717) is 24.6 Å². The lowest BCUT2D eigenvalue weighted by Gasteiger charge is -2.12. The van der Waals surface area contributed by atoms with Crippen molar-refractivity contribution in [3.63, 3.8) is 0 Å². The van der Waals surface area contributed by atoms with E-state index >= 15 is 0 Å². The summed E-state index contributed by atoms with van der Waals surface area (Å²) < 4.78 is 10.3. The van der Waals surface area contributed by atoms with E-state index in [1.165, 1.54) is 0 Å². The number of nitrogen functional groups attached to an aromatic ring is 1. The van der Waals surface area contributed by atoms with Crippen molar-refractivity contribution in [3.8, 4) is 5.75 Å². The molecule has 0 aliphatic rings. The van der Waals surface area contributed by atoms with Gasteiger partial charge in [-0.3, -0.25) is 4.79 Å². The van der Waals surface area contributed by atoms with E-state index in [1.807, 2.05) is 6.92 Å². The Labute approximate surface area is 107 Å². The number of carbonyl (C=O) groups is 1. The van der Waals surface area contributed by atoms with Crippen LogP contribution in [0.1, 0.15) is 6.92 Å². The van der Waals surface area contributed by atoms with E-state index < -0.39 is 0 Å². The second kappa shape index (κ2) is 7.55. The highest BCUT2D eigenvalue weighted by Gasteiger charge is 2.06. The maximum atomic E-state index is 11.5. The minimum Gasteiger partial charge on any atom is -0.484 e. The van der Waals surface area contributed by atoms with Crippen molar-refractivity contribution in [1.82, 2.24) is 5.32 Å². The summed E-state index contributed by atoms with van der Waals surface area (Å²) in [5, 5.41) is 2.78. The molecular weight excluding hydrogens is 232 g/mol. The molecule has 1 aromatic carbocycles. The van der Waals surface area contributed by atoms with Gasteiger partial charge < -0.3 is 20.5 Å². The SMILES string of the molecule is COCC(C)CNC(=O)COc1cccc(N)c1. The molecule has 0 aliphatic heterocycles. The van der Waals surface area contributed by atoms with Crippen LogP contribution < -0.4 is 15.8 Å². The summed E-state index contributed by atoms with van der Waals surface area (Å²) in [6.45, 7) is 3.19. The molecule has 5 nitrogen and oxygen atoms in total. The molecule has 1 amide bonds. The molecule has 18 heavy (non-hydrogen) atoms. The summed E-state index contributed by atoms with van der Waals surface area (Å²) >= 11 is 0. The van der Waals surface area contributed by atoms with Crippen LogP contribution in [0.25, 0.3) is 0 Å². The van der Waals surface area contributed by atoms with Gasteiger partial charge in [0, 0.05) is 25.4 Å². The van der Waals surface area contributed by atoms with Crippen molar-refractivity contribution in [2.45, 2.75) is 6.92 Å². The van der Waals surface area contributed by atoms with Gasteiger partial charge in [-0.15, -0.1) is 0 Å². The van der Waals surface area contributed by atoms with Crippen LogP contribution >= 0.6 is 0 Å². The van der Waals surface area contributed by atoms with Crippen LogP contribution in [0, 0.1) is 5.92 Å². The van der Waals surface area contributed by atoms with Crippen molar-refractivity contribution >= 4 is 11.6 Å². The second-order valence-corrected chi connectivity index (χ2v) is 4.23. The van der Waals surface area contributed by atoms with Gasteiger partial charge in [-0.25, -0.2) is 0 Å². The van der Waals surface area contributed by atoms with E-state index in [2.05, 4.69) is 5.32 Å². The largest absolute Gasteiger partial charge is 0.484 e. The van der Waals surface area contributed by atoms with E-state index in [9.17, 15) is 4.79 Å². The van der Waals surface area contributed by atoms with Crippen LogP contribution in [0.2, 0.25) is 0 Å². The van der Waals surface area contributed by atoms with Crippen molar-refractivity contribution < 1.29 is 14.3 Å². The lowest BCUT2D eigenvalue weighted by atomic mass is 10.2. The molecule has 0 heterocycles. The number of nitrogens with one attached hydrogen (secondary N) is 1. The molecule has 0 saturated heterocycles. The number of amides is 1. The minimum absolute atomic E-state index is 0.0108. The fraction of sp³-hybridized carbons (Fsp3) is 0.462. The van der Waals surface area contributed by atoms with Gasteiger partial charge in [-0.1, -0.05) is 13.0 Å². The Morgan fingerprint density at radius 2 is 2.28 bits per heavy atom. The molecule has 100 valence electrons. The van der Waals surface area contributed by atoms with Gasteiger partial charge in [0.2, 0.25) is 0 Å². The highest BCUT2D eigenvalue weighted by atomic mass is 16.5. The number of benzene rings is 1. The third-order valence-corrected chi connectivity index (χ3v) is 2.33. The lowest BCUT2D eigenvalue weighted by Crippen LogP contribution is -2.33. The predicted molar refractivity (Wildman–Crippen MR) is 70.4 cm³/mol. The summed E-state index contributed by atoms with van der Waals surface area (Å²) in [7, 11) is 1.64. The third-order valence-electron chi connectivity index (χ3n) is 2.33. The van der Waals surface area contributed by atoms with Gasteiger partial charge in [0.05, 0.1) is 6.61 Å². The van der Waals surface area contributed by atoms with Crippen LogP contribution in [0.5, 0.6) is 5.75 Å². The number of methoxy groups -OCH3 is 1. The molecule has 0 aliphatic carbocycles. The zero-order valence-corrected chi connectivity index (χ0v) is 10.8. The average molecular weight is 252 g/mol. The van der Waals surface area contributed by atoms with Gasteiger partial charge in [0.15, 0.2) is 6.61 Å². The molecule has 1 aromatic rings. The van der Waals surface area contributed by atoms with Crippen molar-refractivity contribution in [3.05, 3.63) is 24.3 Å². The highest BCUT2D eigenvalue weighted by molar-refractivity contribution is 5.77. The Balaban J connectivity index is 2.25. The van der Waals surface area contributed by atoms with E-state index in [-0.39, 0.29) is 18.4 Å². The van der Waals surface area contributed by atoms with E-state index in [4.69, 9.17) is 15.2 Å². The monoisotopic (exact) mass is 252 g/mol. The standard InChI is InChI=1S/C13H20N2O3/c1-10(8-17-2)7-15-13(16)9-18-12-5-3-4-11(14)6-12/h3-6,10H,7-9,14H2,1-2H3,(H,15,16). The first-order valence-electron chi connectivity index (χ1n) is 5.85. The van der Waals surface area contributed by atoms with Gasteiger partial charge in [-0.05, 0) is 18.1 Å². The predicted octanol–water partition coefficient (Wildman–Crippen LogP) is 1.05. The quantitative estimate of drug-likeness (QED) is 0.711. The van der Waals surface area contributed by atoms with Crippen LogP contribution in [0.3, 0.4) is 0 Å². The fourth-order valence-corrected chi connectivity index (χ4v) is 1.44. The first-order valence-corrected chi connectivity index (χ1v) is 5.85. The number of hydrogen-bond donors (Lipinski definition) is 2. The van der Waals surface area contributed by atoms with Crippen LogP contribution in [-0.2, 0) is 9.53 Å². The van der Waals surface area contributed by atoms with Crippen LogP contribution in [-0.4, -0.2) is 32.8 Å². The molecule has 5 heteroatoms. The Morgan fingerprint density at radius 3 is 2.94 bits per heavy atom. The number of nitrogens with two attached hydrogens (primary N) is 1. The number of rotatable bonds is 7. The Kier molecular flexibility index (Phi) is 6.00. The summed E-state index contributed by atoms with van der Waals surface area (Å²) in [5.41, 5.74) is 6.21. The third kappa shape index (κ3) is 5.54. The first-order chi connectivity index (χ1) is 8.61. The van der Waals surface area contributed by atoms with Gasteiger partial charge in [0.1, 0.15) is 5.75 Å². The average Bonchev–Trinajstić information content (AvgIpc) is 2.34. The Bertz CT molecular complexity index is 382. The molecule has 0 bridgehead atoms. The fourth-order valence-electron chi connectivity index (χ4n) is 1.44. The molecule has 0 saturated carbocycles. The summed E-state index contributed by atoms with van der Waals surface area (Å²) in [6.07, 6.45) is 0. The summed E-state index contributed by atoms with van der Waals surface area (Å²) in [5.74, 6) is 0.724. The molecule has 0 radical (unpaired) electrons. The molecule has 0 fully saturated rings. The lowest BCUT2D eigenvalue weighted by molar-refractivity contribution is -0.123. The smallest absolute Gasteiger partial charge is 0.257 e. The maximum Gasteiger partial charge on any atom is 0.257 e. The molecule has 0 aromatic heterocycles. The van der Waals surface area contributed by atoms with Gasteiger partial charge >= 0.3 is 0 Å². The van der Waals surface area contributed by atoms with Gasteiger partial charge in [-0.2, -0.15) is 0 Å². The minimum atomic E-state index is -0.152. The molecule has 1 atom stereocenters. The molecule has 3 N–H and O–H groups in total. The second-order valence-electron chi connectivity index (χ2n) is 4.23. The number of anilines is 1. The topological polar surface area (TPSA) is 73.6 Å². The number of ether oxygens (including phenoxy) is 2. The Hall–Kier alpha value is -1.75. The summed E-state index contributed by atoms with van der Waals surface area (Å²) in [4.78, 5) is 11.5. The molecule has 0 spiro atoms. The number of carbonyl (C=O) groups excluding carboxylic acids is 1. The van der Waals surface area contributed by atoms with Gasteiger partial charge in [0.25, 0.3) is 5.91 Å². The maximum absolute atomic E-state index is 11.5. The van der Waals surface area contributed by atoms with E-state index in [0.717, 1.165) is 0 Å². The molecular formula is C13H20N2O3. The van der Waals surface area contributed by atoms with Crippen molar-refractivity contribution in [1.29, 1.82) is 0 Å². The number of hydrogen-bond acceptors (Lipinski definition) is 4. The zero-order chi connectivity index (χ0) is 13.4. The van der Waals surface area contributed by atoms with Crippen LogP contribution in [0.4, 0.5) is 5.69 Å². The zero-order valence-electron chi connectivity index (χ0n) is 10.8. The summed E-state index contributed by atoms with van der Waals surface area (Å²) in [6, 6.07) is 6.99. The van der Waals surface area contributed by atoms with Crippen molar-refractivity contribution in [2.24, 2.45) is 5.92 Å². The molecule has 1 rings (SSSR count). The normalized spacial score (nSPS) is 11.9. The van der Waals surface area contributed by atoms with Crippen molar-refractivity contribution in [2.75, 3.05) is 32.6 Å². The first kappa shape index (κ1) is 14.3. The van der Waals surface area contributed by atoms with E-state index in [1.54, 1.807) is 31.4 Å². The highest BCUT2D eigenvalue weighted by Crippen LogP contribution is 2.13. The van der Waals surface area contributed by atoms with Crippen LogP contribution in [0.15, 0.2) is 24.3 Å².